The van der Waals surface area contributed by atoms with Crippen LogP contribution in [0, 0.1) is 11.8 Å². The van der Waals surface area contributed by atoms with Crippen LogP contribution < -0.4 is 0 Å². The summed E-state index contributed by atoms with van der Waals surface area (Å²) in [5.74, 6) is 1.58. The smallest absolute Gasteiger partial charge is 0.137 e. The van der Waals surface area contributed by atoms with Gasteiger partial charge in [-0.25, -0.2) is 0 Å². The molecule has 3 unspecified atom stereocenters. The monoisotopic (exact) mass is 153 g/mol. The fourth-order valence-electron chi connectivity index (χ4n) is 2.83. The molecule has 0 N–H and O–H groups in total. The summed E-state index contributed by atoms with van der Waals surface area (Å²) in [7, 11) is 4.18. The average Bonchev–Trinajstić information content (AvgIpc) is 2.41. The minimum Gasteiger partial charge on any atom is -0.305 e. The Morgan fingerprint density at radius 1 is 1.36 bits per heavy atom. The van der Waals surface area contributed by atoms with Gasteiger partial charge in [0.2, 0.25) is 0 Å². The summed E-state index contributed by atoms with van der Waals surface area (Å²) in [6, 6.07) is 0.572. The number of hydrogen-bond donors (Lipinski definition) is 0. The molecule has 2 aliphatic carbocycles. The highest BCUT2D eigenvalue weighted by molar-refractivity contribution is 5.85. The van der Waals surface area contributed by atoms with E-state index in [4.69, 9.17) is 0 Å². The zero-order valence-corrected chi connectivity index (χ0v) is 7.21. The molecule has 2 rings (SSSR count). The molecule has 2 nitrogen and oxygen atoms in total. The van der Waals surface area contributed by atoms with Crippen LogP contribution in [0.1, 0.15) is 19.3 Å². The molecule has 2 fully saturated rings. The molecule has 2 bridgehead atoms. The maximum Gasteiger partial charge on any atom is 0.137 e. The predicted octanol–water partition coefficient (Wildman–Crippen LogP) is 0.916. The maximum atomic E-state index is 11.3. The highest BCUT2D eigenvalue weighted by atomic mass is 16.1. The molecule has 62 valence electrons. The van der Waals surface area contributed by atoms with E-state index >= 15 is 0 Å². The van der Waals surface area contributed by atoms with Crippen molar-refractivity contribution in [2.24, 2.45) is 11.8 Å². The van der Waals surface area contributed by atoms with Crippen LogP contribution in [0.4, 0.5) is 0 Å². The largest absolute Gasteiger partial charge is 0.305 e. The number of carbonyl (C=O) groups is 1. The molecular formula is C9H15NO. The second-order valence-electron chi connectivity index (χ2n) is 4.07. The van der Waals surface area contributed by atoms with Crippen LogP contribution in [0.2, 0.25) is 0 Å². The van der Waals surface area contributed by atoms with Crippen LogP contribution in [0.15, 0.2) is 0 Å². The zero-order chi connectivity index (χ0) is 8.01. The van der Waals surface area contributed by atoms with Crippen LogP contribution in [-0.4, -0.2) is 30.8 Å². The van der Waals surface area contributed by atoms with Crippen molar-refractivity contribution < 1.29 is 4.79 Å². The van der Waals surface area contributed by atoms with Crippen LogP contribution in [0.5, 0.6) is 0 Å². The predicted molar refractivity (Wildman–Crippen MR) is 43.3 cm³/mol. The molecule has 3 atom stereocenters. The number of fused-ring (bicyclic) bond motifs is 2. The van der Waals surface area contributed by atoms with Crippen molar-refractivity contribution in [3.05, 3.63) is 0 Å². The summed E-state index contributed by atoms with van der Waals surface area (Å²) in [5, 5.41) is 0. The minimum atomic E-state index is 0.384. The maximum absolute atomic E-state index is 11.3. The van der Waals surface area contributed by atoms with E-state index in [-0.39, 0.29) is 0 Å². The molecular weight excluding hydrogens is 138 g/mol. The Balaban J connectivity index is 2.19. The molecule has 2 saturated carbocycles. The van der Waals surface area contributed by atoms with Gasteiger partial charge in [-0.2, -0.15) is 0 Å². The second kappa shape index (κ2) is 2.31. The lowest BCUT2D eigenvalue weighted by Crippen LogP contribution is -2.32. The van der Waals surface area contributed by atoms with E-state index in [0.29, 0.717) is 23.7 Å². The topological polar surface area (TPSA) is 20.3 Å². The van der Waals surface area contributed by atoms with Crippen molar-refractivity contribution in [1.82, 2.24) is 4.90 Å². The van der Waals surface area contributed by atoms with E-state index in [1.807, 2.05) is 0 Å². The van der Waals surface area contributed by atoms with Crippen LogP contribution in [-0.2, 0) is 4.79 Å². The molecule has 0 aromatic rings. The third-order valence-corrected chi connectivity index (χ3v) is 3.22. The lowest BCUT2D eigenvalue weighted by atomic mass is 10.00. The van der Waals surface area contributed by atoms with Gasteiger partial charge in [-0.15, -0.1) is 0 Å². The Morgan fingerprint density at radius 2 is 2.09 bits per heavy atom. The average molecular weight is 153 g/mol. The quantitative estimate of drug-likeness (QED) is 0.558. The molecule has 0 aromatic heterocycles. The Hall–Kier alpha value is -0.370. The first kappa shape index (κ1) is 7.29. The molecule has 0 spiro atoms. The van der Waals surface area contributed by atoms with Crippen LogP contribution >= 0.6 is 0 Å². The van der Waals surface area contributed by atoms with Gasteiger partial charge in [0, 0.05) is 18.4 Å². The fraction of sp³-hybridized carbons (Fsp3) is 0.889. The highest BCUT2D eigenvalue weighted by Crippen LogP contribution is 2.44. The van der Waals surface area contributed by atoms with Gasteiger partial charge in [0.1, 0.15) is 5.78 Å². The summed E-state index contributed by atoms with van der Waals surface area (Å²) < 4.78 is 0. The van der Waals surface area contributed by atoms with Gasteiger partial charge in [0.05, 0.1) is 0 Å². The normalized spacial score (nSPS) is 42.5. The summed E-state index contributed by atoms with van der Waals surface area (Å²) in [4.78, 5) is 13.6. The molecule has 0 aliphatic heterocycles. The summed E-state index contributed by atoms with van der Waals surface area (Å²) in [6.07, 6.45) is 3.28. The van der Waals surface area contributed by atoms with Crippen molar-refractivity contribution in [3.63, 3.8) is 0 Å². The second-order valence-corrected chi connectivity index (χ2v) is 4.07. The Kier molecular flexibility index (Phi) is 1.53. The number of ketones is 1. The summed E-state index contributed by atoms with van der Waals surface area (Å²) in [6.45, 7) is 0. The van der Waals surface area contributed by atoms with E-state index < -0.39 is 0 Å². The van der Waals surface area contributed by atoms with Gasteiger partial charge in [-0.05, 0) is 32.9 Å². The third-order valence-electron chi connectivity index (χ3n) is 3.22. The van der Waals surface area contributed by atoms with Crippen molar-refractivity contribution >= 4 is 5.78 Å². The van der Waals surface area contributed by atoms with E-state index in [1.165, 1.54) is 6.42 Å². The van der Waals surface area contributed by atoms with Crippen molar-refractivity contribution in [2.45, 2.75) is 25.3 Å². The molecule has 2 aliphatic rings. The molecule has 11 heavy (non-hydrogen) atoms. The number of hydrogen-bond acceptors (Lipinski definition) is 2. The van der Waals surface area contributed by atoms with Gasteiger partial charge in [-0.1, -0.05) is 0 Å². The third kappa shape index (κ3) is 0.924. The van der Waals surface area contributed by atoms with E-state index in [1.54, 1.807) is 0 Å². The Bertz CT molecular complexity index is 188. The lowest BCUT2D eigenvalue weighted by Gasteiger charge is -2.22. The van der Waals surface area contributed by atoms with E-state index in [0.717, 1.165) is 12.8 Å². The summed E-state index contributed by atoms with van der Waals surface area (Å²) in [5.41, 5.74) is 0. The first-order valence-electron chi connectivity index (χ1n) is 4.39. The number of nitrogens with zero attached hydrogens (tertiary/aromatic N) is 1. The highest BCUT2D eigenvalue weighted by Gasteiger charge is 2.48. The van der Waals surface area contributed by atoms with Crippen molar-refractivity contribution in [1.29, 1.82) is 0 Å². The molecule has 0 heterocycles. The Morgan fingerprint density at radius 3 is 2.36 bits per heavy atom. The number of Topliss-reactive ketones (excluding diaryl/α,β-unsaturated/α-hetero) is 1. The molecule has 0 radical (unpaired) electrons. The lowest BCUT2D eigenvalue weighted by molar-refractivity contribution is -0.122. The Labute approximate surface area is 67.6 Å². The fourth-order valence-corrected chi connectivity index (χ4v) is 2.83. The van der Waals surface area contributed by atoms with Crippen LogP contribution in [0.25, 0.3) is 0 Å². The van der Waals surface area contributed by atoms with Gasteiger partial charge in [0.25, 0.3) is 0 Å². The van der Waals surface area contributed by atoms with Crippen molar-refractivity contribution in [2.75, 3.05) is 14.1 Å². The van der Waals surface area contributed by atoms with Gasteiger partial charge in [0.15, 0.2) is 0 Å². The molecule has 0 saturated heterocycles. The van der Waals surface area contributed by atoms with Gasteiger partial charge >= 0.3 is 0 Å². The number of rotatable bonds is 1. The number of carbonyl (C=O) groups excluding carboxylic acids is 1. The summed E-state index contributed by atoms with van der Waals surface area (Å²) >= 11 is 0. The van der Waals surface area contributed by atoms with Gasteiger partial charge < -0.3 is 4.90 Å². The zero-order valence-electron chi connectivity index (χ0n) is 7.21. The first-order valence-corrected chi connectivity index (χ1v) is 4.39. The van der Waals surface area contributed by atoms with Crippen LogP contribution in [0.3, 0.4) is 0 Å². The molecule has 2 heteroatoms. The first-order chi connectivity index (χ1) is 5.20. The standard InChI is InChI=1S/C9H15NO/c1-10(2)9-6-3-4-7(9)8(11)5-6/h6-7,9H,3-5H2,1-2H3. The van der Waals surface area contributed by atoms with Gasteiger partial charge in [-0.3, -0.25) is 4.79 Å². The SMILES string of the molecule is CN(C)C1C2CCC1C(=O)C2. The minimum absolute atomic E-state index is 0.384. The van der Waals surface area contributed by atoms with E-state index in [2.05, 4.69) is 19.0 Å². The molecule has 0 aromatic carbocycles. The van der Waals surface area contributed by atoms with Crippen molar-refractivity contribution in [3.8, 4) is 0 Å². The van der Waals surface area contributed by atoms with E-state index in [9.17, 15) is 4.79 Å². The molecule has 0 amide bonds.